The average Bonchev–Trinajstić information content (AvgIpc) is 3.18. The summed E-state index contributed by atoms with van der Waals surface area (Å²) in [4.78, 5) is 33.7. The fourth-order valence-corrected chi connectivity index (χ4v) is 4.91. The van der Waals surface area contributed by atoms with Crippen LogP contribution in [-0.2, 0) is 24.8 Å². The highest BCUT2D eigenvalue weighted by molar-refractivity contribution is 9.10. The molecule has 0 atom stereocenters. The summed E-state index contributed by atoms with van der Waals surface area (Å²) in [5.41, 5.74) is 4.88. The number of nitriles is 1. The number of hydrogen-bond donors (Lipinski definition) is 1. The van der Waals surface area contributed by atoms with Gasteiger partial charge in [-0.3, -0.25) is 14.5 Å². The van der Waals surface area contributed by atoms with E-state index >= 15 is 0 Å². The highest BCUT2D eigenvalue weighted by atomic mass is 79.9. The molecule has 0 bridgehead atoms. The third-order valence-corrected chi connectivity index (χ3v) is 6.67. The Bertz CT molecular complexity index is 1350. The average molecular weight is 493 g/mol. The molecule has 4 heterocycles. The smallest absolute Gasteiger partial charge is 0.270 e. The van der Waals surface area contributed by atoms with E-state index in [1.54, 1.807) is 13.1 Å². The fourth-order valence-electron chi connectivity index (χ4n) is 4.60. The Morgan fingerprint density at radius 1 is 1.16 bits per heavy atom. The highest BCUT2D eigenvalue weighted by Gasteiger charge is 2.27. The van der Waals surface area contributed by atoms with Gasteiger partial charge in [-0.15, -0.1) is 0 Å². The lowest BCUT2D eigenvalue weighted by atomic mass is 10.1. The number of pyridine rings is 2. The van der Waals surface area contributed by atoms with Gasteiger partial charge in [-0.05, 0) is 39.2 Å². The van der Waals surface area contributed by atoms with Crippen molar-refractivity contribution in [2.24, 2.45) is 7.05 Å². The standard InChI is InChI=1S/C23H21BrN6O2/c1-28-17-5-6-18(24)26-21(17)22(16(12-25)23(28)32)30-9-7-29(8-10-30)13-15-4-2-3-14-11-19(31)27-20(14)15/h2-6H,7-11,13H2,1H3,(H,27,31). The Hall–Kier alpha value is -3.22. The van der Waals surface area contributed by atoms with Crippen LogP contribution in [0.1, 0.15) is 16.7 Å². The Kier molecular flexibility index (Phi) is 5.19. The van der Waals surface area contributed by atoms with E-state index in [-0.39, 0.29) is 17.0 Å². The number of benzene rings is 1. The number of para-hydroxylation sites is 1. The number of carbonyl (C=O) groups is 1. The van der Waals surface area contributed by atoms with Gasteiger partial charge in [-0.2, -0.15) is 5.26 Å². The van der Waals surface area contributed by atoms with Crippen molar-refractivity contribution in [3.05, 3.63) is 62.0 Å². The molecule has 1 amide bonds. The van der Waals surface area contributed by atoms with E-state index < -0.39 is 0 Å². The zero-order valence-corrected chi connectivity index (χ0v) is 19.1. The molecule has 3 aromatic rings. The molecular weight excluding hydrogens is 472 g/mol. The molecule has 0 spiro atoms. The van der Waals surface area contributed by atoms with Gasteiger partial charge in [0.1, 0.15) is 21.8 Å². The van der Waals surface area contributed by atoms with Crippen LogP contribution in [0.5, 0.6) is 0 Å². The van der Waals surface area contributed by atoms with Crippen LogP contribution in [-0.4, -0.2) is 46.5 Å². The van der Waals surface area contributed by atoms with E-state index in [1.807, 2.05) is 18.2 Å². The minimum absolute atomic E-state index is 0.0394. The quantitative estimate of drug-likeness (QED) is 0.564. The molecule has 32 heavy (non-hydrogen) atoms. The summed E-state index contributed by atoms with van der Waals surface area (Å²) in [6.07, 6.45) is 0.437. The summed E-state index contributed by atoms with van der Waals surface area (Å²) >= 11 is 3.42. The summed E-state index contributed by atoms with van der Waals surface area (Å²) in [5, 5.41) is 12.7. The zero-order chi connectivity index (χ0) is 22.4. The number of piperazine rings is 1. The largest absolute Gasteiger partial charge is 0.366 e. The van der Waals surface area contributed by atoms with E-state index in [4.69, 9.17) is 0 Å². The number of fused-ring (bicyclic) bond motifs is 2. The molecule has 0 saturated carbocycles. The maximum absolute atomic E-state index is 12.8. The molecule has 5 rings (SSSR count). The molecule has 162 valence electrons. The number of anilines is 2. The van der Waals surface area contributed by atoms with Crippen LogP contribution < -0.4 is 15.8 Å². The number of aromatic nitrogens is 2. The van der Waals surface area contributed by atoms with Crippen LogP contribution in [0.3, 0.4) is 0 Å². The van der Waals surface area contributed by atoms with Gasteiger partial charge in [0, 0.05) is 45.5 Å². The minimum Gasteiger partial charge on any atom is -0.366 e. The van der Waals surface area contributed by atoms with Crippen molar-refractivity contribution in [1.29, 1.82) is 5.26 Å². The van der Waals surface area contributed by atoms with E-state index in [2.05, 4.69) is 48.2 Å². The third-order valence-electron chi connectivity index (χ3n) is 6.23. The normalized spacial score (nSPS) is 16.2. The predicted octanol–water partition coefficient (Wildman–Crippen LogP) is 2.38. The van der Waals surface area contributed by atoms with E-state index in [0.29, 0.717) is 40.8 Å². The maximum Gasteiger partial charge on any atom is 0.270 e. The first-order chi connectivity index (χ1) is 15.5. The second kappa shape index (κ2) is 8.04. The monoisotopic (exact) mass is 492 g/mol. The zero-order valence-electron chi connectivity index (χ0n) is 17.6. The van der Waals surface area contributed by atoms with Gasteiger partial charge >= 0.3 is 0 Å². The van der Waals surface area contributed by atoms with Gasteiger partial charge in [-0.1, -0.05) is 18.2 Å². The lowest BCUT2D eigenvalue weighted by Gasteiger charge is -2.37. The van der Waals surface area contributed by atoms with E-state index in [0.717, 1.165) is 36.4 Å². The lowest BCUT2D eigenvalue weighted by molar-refractivity contribution is -0.115. The highest BCUT2D eigenvalue weighted by Crippen LogP contribution is 2.31. The number of carbonyl (C=O) groups excluding carboxylic acids is 1. The first-order valence-electron chi connectivity index (χ1n) is 10.4. The van der Waals surface area contributed by atoms with Crippen LogP contribution in [0.4, 0.5) is 11.4 Å². The molecule has 9 heteroatoms. The van der Waals surface area contributed by atoms with Crippen LogP contribution in [0.15, 0.2) is 39.7 Å². The molecule has 8 nitrogen and oxygen atoms in total. The lowest BCUT2D eigenvalue weighted by Crippen LogP contribution is -2.47. The summed E-state index contributed by atoms with van der Waals surface area (Å²) in [7, 11) is 1.67. The van der Waals surface area contributed by atoms with E-state index in [1.165, 1.54) is 4.57 Å². The SMILES string of the molecule is Cn1c(=O)c(C#N)c(N2CCN(Cc3cccc4c3NC(=O)C4)CC2)c2nc(Br)ccc21. The van der Waals surface area contributed by atoms with Crippen LogP contribution in [0, 0.1) is 11.3 Å². The second-order valence-corrected chi connectivity index (χ2v) is 8.95. The van der Waals surface area contributed by atoms with Crippen molar-refractivity contribution in [3.63, 3.8) is 0 Å². The summed E-state index contributed by atoms with van der Waals surface area (Å²) in [6, 6.07) is 11.8. The number of rotatable bonds is 3. The predicted molar refractivity (Wildman–Crippen MR) is 126 cm³/mol. The van der Waals surface area contributed by atoms with Crippen LogP contribution in [0.2, 0.25) is 0 Å². The van der Waals surface area contributed by atoms with Crippen molar-refractivity contribution in [2.45, 2.75) is 13.0 Å². The van der Waals surface area contributed by atoms with Crippen LogP contribution >= 0.6 is 15.9 Å². The number of amides is 1. The van der Waals surface area contributed by atoms with Crippen molar-refractivity contribution >= 4 is 44.2 Å². The molecule has 0 aliphatic carbocycles. The van der Waals surface area contributed by atoms with Gasteiger partial charge in [0.25, 0.3) is 5.56 Å². The number of aryl methyl sites for hydroxylation is 1. The number of nitrogens with one attached hydrogen (secondary N) is 1. The first-order valence-corrected chi connectivity index (χ1v) is 11.2. The van der Waals surface area contributed by atoms with Crippen molar-refractivity contribution < 1.29 is 4.79 Å². The van der Waals surface area contributed by atoms with Gasteiger partial charge in [0.05, 0.1) is 17.6 Å². The second-order valence-electron chi connectivity index (χ2n) is 8.14. The van der Waals surface area contributed by atoms with Crippen LogP contribution in [0.25, 0.3) is 11.0 Å². The van der Waals surface area contributed by atoms with Gasteiger partial charge < -0.3 is 14.8 Å². The Morgan fingerprint density at radius 3 is 2.69 bits per heavy atom. The molecule has 2 aromatic heterocycles. The molecule has 2 aliphatic rings. The maximum atomic E-state index is 12.8. The number of hydrogen-bond acceptors (Lipinski definition) is 6. The topological polar surface area (TPSA) is 94.3 Å². The van der Waals surface area contributed by atoms with Gasteiger partial charge in [0.2, 0.25) is 5.91 Å². The molecule has 0 unspecified atom stereocenters. The molecular formula is C23H21BrN6O2. The molecule has 1 saturated heterocycles. The van der Waals surface area contributed by atoms with Crippen molar-refractivity contribution in [1.82, 2.24) is 14.5 Å². The Balaban J connectivity index is 1.42. The minimum atomic E-state index is -0.308. The molecule has 0 radical (unpaired) electrons. The molecule has 1 aromatic carbocycles. The summed E-state index contributed by atoms with van der Waals surface area (Å²) in [5.74, 6) is 0.0394. The van der Waals surface area contributed by atoms with Gasteiger partial charge in [-0.25, -0.2) is 4.98 Å². The third kappa shape index (κ3) is 3.45. The van der Waals surface area contributed by atoms with Crippen molar-refractivity contribution in [3.8, 4) is 6.07 Å². The molecule has 1 fully saturated rings. The number of halogens is 1. The summed E-state index contributed by atoms with van der Waals surface area (Å²) in [6.45, 7) is 3.63. The van der Waals surface area contributed by atoms with Crippen molar-refractivity contribution in [2.75, 3.05) is 36.4 Å². The van der Waals surface area contributed by atoms with Gasteiger partial charge in [0.15, 0.2) is 0 Å². The Morgan fingerprint density at radius 2 is 1.94 bits per heavy atom. The van der Waals surface area contributed by atoms with E-state index in [9.17, 15) is 14.9 Å². The number of nitrogens with zero attached hydrogens (tertiary/aromatic N) is 5. The molecule has 2 aliphatic heterocycles. The summed E-state index contributed by atoms with van der Waals surface area (Å²) < 4.78 is 2.14. The molecule has 1 N–H and O–H groups in total. The fraction of sp³-hybridized carbons (Fsp3) is 0.304. The Labute approximate surface area is 193 Å². The first kappa shape index (κ1) is 20.7.